The van der Waals surface area contributed by atoms with Crippen molar-refractivity contribution >= 4 is 5.91 Å². The summed E-state index contributed by atoms with van der Waals surface area (Å²) in [7, 11) is 0. The number of carbonyl (C=O) groups is 1. The van der Waals surface area contributed by atoms with E-state index in [-0.39, 0.29) is 30.7 Å². The predicted octanol–water partition coefficient (Wildman–Crippen LogP) is 2.18. The third kappa shape index (κ3) is 2.54. The standard InChI is InChI=1S/C14H21F3N2O/c15-14(16,17)11-3-1-9(2-4-11)13(20)19-6-5-10-7-18-8-12(10)19/h9-12,18H,1-8H2/t9?,10-,11?,12+/m0/s1. The molecule has 20 heavy (non-hydrogen) atoms. The molecule has 2 heterocycles. The van der Waals surface area contributed by atoms with Crippen LogP contribution in [0.15, 0.2) is 0 Å². The van der Waals surface area contributed by atoms with Crippen molar-refractivity contribution in [1.82, 2.24) is 10.2 Å². The van der Waals surface area contributed by atoms with Crippen LogP contribution in [0.3, 0.4) is 0 Å². The molecule has 0 bridgehead atoms. The number of likely N-dealkylation sites (tertiary alicyclic amines) is 1. The molecule has 1 aliphatic carbocycles. The van der Waals surface area contributed by atoms with Crippen molar-refractivity contribution in [1.29, 1.82) is 0 Å². The summed E-state index contributed by atoms with van der Waals surface area (Å²) in [5.41, 5.74) is 0. The summed E-state index contributed by atoms with van der Waals surface area (Å²) in [4.78, 5) is 14.5. The summed E-state index contributed by atoms with van der Waals surface area (Å²) < 4.78 is 37.9. The number of rotatable bonds is 1. The van der Waals surface area contributed by atoms with Gasteiger partial charge in [0.2, 0.25) is 5.91 Å². The van der Waals surface area contributed by atoms with E-state index in [1.54, 1.807) is 0 Å². The monoisotopic (exact) mass is 290 g/mol. The Bertz CT molecular complexity index is 377. The molecule has 1 saturated carbocycles. The van der Waals surface area contributed by atoms with E-state index in [1.807, 2.05) is 4.90 Å². The fourth-order valence-electron chi connectivity index (χ4n) is 4.02. The van der Waals surface area contributed by atoms with Gasteiger partial charge in [0.05, 0.1) is 5.92 Å². The van der Waals surface area contributed by atoms with Crippen molar-refractivity contribution in [2.24, 2.45) is 17.8 Å². The summed E-state index contributed by atoms with van der Waals surface area (Å²) in [5, 5.41) is 3.30. The Morgan fingerprint density at radius 3 is 2.40 bits per heavy atom. The lowest BCUT2D eigenvalue weighted by atomic mass is 9.81. The zero-order valence-corrected chi connectivity index (χ0v) is 11.5. The van der Waals surface area contributed by atoms with Crippen LogP contribution in [-0.2, 0) is 4.79 Å². The minimum Gasteiger partial charge on any atom is -0.338 e. The summed E-state index contributed by atoms with van der Waals surface area (Å²) in [6.45, 7) is 2.60. The highest BCUT2D eigenvalue weighted by molar-refractivity contribution is 5.79. The van der Waals surface area contributed by atoms with Gasteiger partial charge in [0, 0.05) is 31.6 Å². The topological polar surface area (TPSA) is 32.3 Å². The van der Waals surface area contributed by atoms with Crippen LogP contribution in [0.1, 0.15) is 32.1 Å². The van der Waals surface area contributed by atoms with Crippen molar-refractivity contribution in [2.45, 2.75) is 44.3 Å². The first kappa shape index (κ1) is 14.2. The van der Waals surface area contributed by atoms with Crippen LogP contribution in [0.25, 0.3) is 0 Å². The Hall–Kier alpha value is -0.780. The minimum absolute atomic E-state index is 0.0989. The number of hydrogen-bond donors (Lipinski definition) is 1. The molecule has 6 heteroatoms. The summed E-state index contributed by atoms with van der Waals surface area (Å²) in [6.07, 6.45) is -2.06. The van der Waals surface area contributed by atoms with Crippen molar-refractivity contribution in [3.05, 3.63) is 0 Å². The molecule has 0 unspecified atom stereocenters. The molecule has 3 aliphatic rings. The number of amides is 1. The van der Waals surface area contributed by atoms with E-state index in [2.05, 4.69) is 5.32 Å². The first-order valence-electron chi connectivity index (χ1n) is 7.54. The highest BCUT2D eigenvalue weighted by Gasteiger charge is 2.45. The SMILES string of the molecule is O=C(C1CCC(C(F)(F)F)CC1)N1CC[C@H]2CNC[C@H]21. The van der Waals surface area contributed by atoms with E-state index in [0.717, 1.165) is 26.1 Å². The van der Waals surface area contributed by atoms with E-state index in [9.17, 15) is 18.0 Å². The Morgan fingerprint density at radius 2 is 1.75 bits per heavy atom. The van der Waals surface area contributed by atoms with Crippen LogP contribution in [0, 0.1) is 17.8 Å². The van der Waals surface area contributed by atoms with Crippen LogP contribution in [0.4, 0.5) is 13.2 Å². The van der Waals surface area contributed by atoms with Gasteiger partial charge in [-0.05, 0) is 38.0 Å². The fraction of sp³-hybridized carbons (Fsp3) is 0.929. The number of alkyl halides is 3. The van der Waals surface area contributed by atoms with Crippen LogP contribution < -0.4 is 5.32 Å². The lowest BCUT2D eigenvalue weighted by Gasteiger charge is -2.33. The molecule has 2 saturated heterocycles. The second-order valence-corrected chi connectivity index (χ2v) is 6.40. The molecule has 3 fully saturated rings. The zero-order chi connectivity index (χ0) is 14.3. The molecule has 2 aliphatic heterocycles. The number of fused-ring (bicyclic) bond motifs is 1. The molecular formula is C14H21F3N2O. The maximum Gasteiger partial charge on any atom is 0.391 e. The number of halogens is 3. The molecule has 0 radical (unpaired) electrons. The molecule has 3 rings (SSSR count). The van der Waals surface area contributed by atoms with Gasteiger partial charge in [0.25, 0.3) is 0 Å². The lowest BCUT2D eigenvalue weighted by Crippen LogP contribution is -2.43. The van der Waals surface area contributed by atoms with E-state index >= 15 is 0 Å². The molecule has 1 amide bonds. The Morgan fingerprint density at radius 1 is 1.05 bits per heavy atom. The second-order valence-electron chi connectivity index (χ2n) is 6.40. The molecule has 1 N–H and O–H groups in total. The number of nitrogens with zero attached hydrogens (tertiary/aromatic N) is 1. The van der Waals surface area contributed by atoms with Gasteiger partial charge < -0.3 is 10.2 Å². The van der Waals surface area contributed by atoms with Crippen molar-refractivity contribution in [3.63, 3.8) is 0 Å². The average molecular weight is 290 g/mol. The number of nitrogens with one attached hydrogen (secondary N) is 1. The van der Waals surface area contributed by atoms with Crippen molar-refractivity contribution < 1.29 is 18.0 Å². The van der Waals surface area contributed by atoms with Crippen molar-refractivity contribution in [3.8, 4) is 0 Å². The van der Waals surface area contributed by atoms with Gasteiger partial charge in [-0.3, -0.25) is 4.79 Å². The average Bonchev–Trinajstić information content (AvgIpc) is 2.99. The van der Waals surface area contributed by atoms with Gasteiger partial charge in [-0.25, -0.2) is 0 Å². The quantitative estimate of drug-likeness (QED) is 0.803. The Balaban J connectivity index is 1.57. The molecule has 0 aromatic carbocycles. The van der Waals surface area contributed by atoms with E-state index in [4.69, 9.17) is 0 Å². The second kappa shape index (κ2) is 5.20. The summed E-state index contributed by atoms with van der Waals surface area (Å²) in [6, 6.07) is 0.280. The third-order valence-electron chi connectivity index (χ3n) is 5.27. The Kier molecular flexibility index (Phi) is 3.69. The first-order valence-corrected chi connectivity index (χ1v) is 7.54. The van der Waals surface area contributed by atoms with Crippen LogP contribution in [0.5, 0.6) is 0 Å². The molecule has 0 spiro atoms. The molecule has 114 valence electrons. The van der Waals surface area contributed by atoms with Gasteiger partial charge in [-0.2, -0.15) is 13.2 Å². The number of hydrogen-bond acceptors (Lipinski definition) is 2. The van der Waals surface area contributed by atoms with Gasteiger partial charge in [0.15, 0.2) is 0 Å². The highest BCUT2D eigenvalue weighted by atomic mass is 19.4. The molecular weight excluding hydrogens is 269 g/mol. The normalized spacial score (nSPS) is 38.0. The van der Waals surface area contributed by atoms with Gasteiger partial charge in [-0.15, -0.1) is 0 Å². The largest absolute Gasteiger partial charge is 0.391 e. The van der Waals surface area contributed by atoms with Gasteiger partial charge >= 0.3 is 6.18 Å². The summed E-state index contributed by atoms with van der Waals surface area (Å²) >= 11 is 0. The van der Waals surface area contributed by atoms with Crippen LogP contribution in [0.2, 0.25) is 0 Å². The summed E-state index contributed by atoms with van der Waals surface area (Å²) in [5.74, 6) is -0.744. The van der Waals surface area contributed by atoms with Crippen LogP contribution >= 0.6 is 0 Å². The van der Waals surface area contributed by atoms with Gasteiger partial charge in [0.1, 0.15) is 0 Å². The Labute approximate surface area is 116 Å². The highest BCUT2D eigenvalue weighted by Crippen LogP contribution is 2.40. The maximum atomic E-state index is 12.6. The smallest absolute Gasteiger partial charge is 0.338 e. The molecule has 3 nitrogen and oxygen atoms in total. The molecule has 0 aromatic heterocycles. The van der Waals surface area contributed by atoms with Crippen molar-refractivity contribution in [2.75, 3.05) is 19.6 Å². The third-order valence-corrected chi connectivity index (χ3v) is 5.27. The maximum absolute atomic E-state index is 12.6. The van der Waals surface area contributed by atoms with E-state index < -0.39 is 12.1 Å². The minimum atomic E-state index is -4.10. The van der Waals surface area contributed by atoms with E-state index in [0.29, 0.717) is 18.8 Å². The first-order chi connectivity index (χ1) is 9.47. The van der Waals surface area contributed by atoms with Crippen LogP contribution in [-0.4, -0.2) is 42.7 Å². The zero-order valence-electron chi connectivity index (χ0n) is 11.5. The number of carbonyl (C=O) groups excluding carboxylic acids is 1. The lowest BCUT2D eigenvalue weighted by molar-refractivity contribution is -0.185. The van der Waals surface area contributed by atoms with E-state index in [1.165, 1.54) is 0 Å². The molecule has 2 atom stereocenters. The molecule has 0 aromatic rings. The van der Waals surface area contributed by atoms with Gasteiger partial charge in [-0.1, -0.05) is 0 Å². The fourth-order valence-corrected chi connectivity index (χ4v) is 4.02. The predicted molar refractivity (Wildman–Crippen MR) is 68.0 cm³/mol.